The standard InChI is InChI=1S/C18H21N3O4/c1-10(2)11(3)16-12(4)13(7-8-15(16)21(23)24)17(22)14-9-19-20(5)18(14)25-6/h7-9H,1-6H3. The lowest BCUT2D eigenvalue weighted by atomic mass is 9.90. The molecule has 1 aromatic heterocycles. The Morgan fingerprint density at radius 3 is 2.40 bits per heavy atom. The van der Waals surface area contributed by atoms with Crippen LogP contribution in [0.2, 0.25) is 0 Å². The number of carbonyl (C=O) groups excluding carboxylic acids is 1. The zero-order valence-electron chi connectivity index (χ0n) is 15.2. The second-order valence-corrected chi connectivity index (χ2v) is 6.03. The minimum Gasteiger partial charge on any atom is -0.481 e. The van der Waals surface area contributed by atoms with Crippen LogP contribution in [0.3, 0.4) is 0 Å². The third kappa shape index (κ3) is 3.17. The van der Waals surface area contributed by atoms with E-state index >= 15 is 0 Å². The van der Waals surface area contributed by atoms with Crippen LogP contribution in [0.5, 0.6) is 5.88 Å². The molecule has 0 aliphatic heterocycles. The molecule has 0 bridgehead atoms. The van der Waals surface area contributed by atoms with E-state index in [1.807, 2.05) is 20.8 Å². The van der Waals surface area contributed by atoms with Gasteiger partial charge in [-0.15, -0.1) is 0 Å². The zero-order valence-corrected chi connectivity index (χ0v) is 15.2. The number of aromatic nitrogens is 2. The van der Waals surface area contributed by atoms with Crippen molar-refractivity contribution in [2.45, 2.75) is 27.7 Å². The molecular weight excluding hydrogens is 322 g/mol. The van der Waals surface area contributed by atoms with Crippen molar-refractivity contribution in [1.29, 1.82) is 0 Å². The van der Waals surface area contributed by atoms with Crippen LogP contribution in [0.1, 0.15) is 47.8 Å². The number of rotatable bonds is 5. The molecular formula is C18H21N3O4. The topological polar surface area (TPSA) is 87.3 Å². The lowest BCUT2D eigenvalue weighted by Gasteiger charge is -2.13. The highest BCUT2D eigenvalue weighted by Gasteiger charge is 2.26. The zero-order chi connectivity index (χ0) is 18.9. The molecule has 2 rings (SSSR count). The molecule has 0 saturated heterocycles. The number of hydrogen-bond donors (Lipinski definition) is 0. The van der Waals surface area contributed by atoms with Gasteiger partial charge in [0.15, 0.2) is 5.78 Å². The number of allylic oxidation sites excluding steroid dienone is 2. The number of hydrogen-bond acceptors (Lipinski definition) is 5. The van der Waals surface area contributed by atoms with Gasteiger partial charge >= 0.3 is 0 Å². The monoisotopic (exact) mass is 343 g/mol. The number of nitro benzene ring substituents is 1. The first-order valence-corrected chi connectivity index (χ1v) is 7.73. The van der Waals surface area contributed by atoms with Gasteiger partial charge < -0.3 is 4.74 Å². The summed E-state index contributed by atoms with van der Waals surface area (Å²) in [7, 11) is 3.15. The molecule has 1 heterocycles. The van der Waals surface area contributed by atoms with Gasteiger partial charge in [0.05, 0.1) is 23.8 Å². The largest absolute Gasteiger partial charge is 0.481 e. The lowest BCUT2D eigenvalue weighted by molar-refractivity contribution is -0.385. The molecule has 0 aliphatic carbocycles. The van der Waals surface area contributed by atoms with Gasteiger partial charge in [-0.2, -0.15) is 5.10 Å². The Labute approximate surface area is 146 Å². The molecule has 0 fully saturated rings. The molecule has 0 radical (unpaired) electrons. The summed E-state index contributed by atoms with van der Waals surface area (Å²) in [6.45, 7) is 7.32. The highest BCUT2D eigenvalue weighted by atomic mass is 16.6. The first kappa shape index (κ1) is 18.4. The predicted octanol–water partition coefficient (Wildman–Crippen LogP) is 3.69. The minimum absolute atomic E-state index is 0.00842. The van der Waals surface area contributed by atoms with Gasteiger partial charge in [-0.3, -0.25) is 14.9 Å². The minimum atomic E-state index is -0.423. The van der Waals surface area contributed by atoms with Crippen molar-refractivity contribution in [1.82, 2.24) is 9.78 Å². The average molecular weight is 343 g/mol. The molecule has 0 unspecified atom stereocenters. The number of methoxy groups -OCH3 is 1. The lowest BCUT2D eigenvalue weighted by Crippen LogP contribution is -2.09. The quantitative estimate of drug-likeness (QED) is 0.469. The van der Waals surface area contributed by atoms with E-state index in [0.29, 0.717) is 28.1 Å². The molecule has 0 atom stereocenters. The number of benzene rings is 1. The fourth-order valence-electron chi connectivity index (χ4n) is 2.79. The number of ether oxygens (including phenoxy) is 1. The number of aryl methyl sites for hydroxylation is 1. The van der Waals surface area contributed by atoms with E-state index in [1.165, 1.54) is 30.1 Å². The maximum absolute atomic E-state index is 13.0. The van der Waals surface area contributed by atoms with E-state index in [1.54, 1.807) is 14.0 Å². The third-order valence-corrected chi connectivity index (χ3v) is 4.33. The summed E-state index contributed by atoms with van der Waals surface area (Å²) in [4.78, 5) is 24.0. The van der Waals surface area contributed by atoms with Gasteiger partial charge in [-0.1, -0.05) is 5.57 Å². The van der Waals surface area contributed by atoms with E-state index < -0.39 is 4.92 Å². The molecule has 132 valence electrons. The van der Waals surface area contributed by atoms with Crippen LogP contribution >= 0.6 is 0 Å². The second-order valence-electron chi connectivity index (χ2n) is 6.03. The highest BCUT2D eigenvalue weighted by molar-refractivity contribution is 6.12. The summed E-state index contributed by atoms with van der Waals surface area (Å²) in [5.74, 6) is 0.0726. The molecule has 25 heavy (non-hydrogen) atoms. The SMILES string of the molecule is COc1c(C(=O)c2ccc([N+](=O)[O-])c(C(C)=C(C)C)c2C)cnn1C. The molecule has 2 aromatic rings. The van der Waals surface area contributed by atoms with E-state index in [9.17, 15) is 14.9 Å². The summed E-state index contributed by atoms with van der Waals surface area (Å²) in [5, 5.41) is 15.5. The van der Waals surface area contributed by atoms with E-state index in [0.717, 1.165) is 11.1 Å². The van der Waals surface area contributed by atoms with Crippen LogP contribution in [0, 0.1) is 17.0 Å². The van der Waals surface area contributed by atoms with Gasteiger partial charge in [0.25, 0.3) is 5.69 Å². The van der Waals surface area contributed by atoms with Gasteiger partial charge in [0.2, 0.25) is 5.88 Å². The first-order chi connectivity index (χ1) is 11.7. The molecule has 0 aliphatic rings. The molecule has 7 nitrogen and oxygen atoms in total. The number of nitro groups is 1. The maximum Gasteiger partial charge on any atom is 0.277 e. The Kier molecular flexibility index (Phi) is 5.06. The van der Waals surface area contributed by atoms with Crippen LogP contribution in [0.15, 0.2) is 23.9 Å². The molecule has 1 aromatic carbocycles. The summed E-state index contributed by atoms with van der Waals surface area (Å²) in [6, 6.07) is 2.87. The van der Waals surface area contributed by atoms with Gasteiger partial charge in [0.1, 0.15) is 5.56 Å². The Morgan fingerprint density at radius 2 is 1.88 bits per heavy atom. The maximum atomic E-state index is 13.0. The Hall–Kier alpha value is -2.96. The summed E-state index contributed by atoms with van der Waals surface area (Å²) in [5.41, 5.74) is 3.51. The smallest absolute Gasteiger partial charge is 0.277 e. The summed E-state index contributed by atoms with van der Waals surface area (Å²) in [6.07, 6.45) is 1.44. The number of ketones is 1. The third-order valence-electron chi connectivity index (χ3n) is 4.33. The number of nitrogens with zero attached hydrogens (tertiary/aromatic N) is 3. The van der Waals surface area contributed by atoms with Crippen molar-refractivity contribution in [2.24, 2.45) is 7.05 Å². The molecule has 0 N–H and O–H groups in total. The number of carbonyl (C=O) groups is 1. The fraction of sp³-hybridized carbons (Fsp3) is 0.333. The summed E-state index contributed by atoms with van der Waals surface area (Å²) < 4.78 is 6.71. The van der Waals surface area contributed by atoms with Gasteiger partial charge in [0, 0.05) is 18.7 Å². The Morgan fingerprint density at radius 1 is 1.24 bits per heavy atom. The van der Waals surface area contributed by atoms with E-state index in [-0.39, 0.29) is 11.5 Å². The second kappa shape index (κ2) is 6.88. The van der Waals surface area contributed by atoms with E-state index in [4.69, 9.17) is 4.74 Å². The van der Waals surface area contributed by atoms with Crippen molar-refractivity contribution >= 4 is 17.0 Å². The van der Waals surface area contributed by atoms with Crippen molar-refractivity contribution in [3.05, 3.63) is 56.3 Å². The van der Waals surface area contributed by atoms with Crippen LogP contribution in [-0.4, -0.2) is 27.6 Å². The van der Waals surface area contributed by atoms with Crippen molar-refractivity contribution in [2.75, 3.05) is 7.11 Å². The van der Waals surface area contributed by atoms with Crippen molar-refractivity contribution < 1.29 is 14.5 Å². The van der Waals surface area contributed by atoms with Crippen LogP contribution < -0.4 is 4.74 Å². The van der Waals surface area contributed by atoms with Crippen LogP contribution in [0.25, 0.3) is 5.57 Å². The van der Waals surface area contributed by atoms with Crippen molar-refractivity contribution in [3.8, 4) is 5.88 Å². The van der Waals surface area contributed by atoms with Crippen molar-refractivity contribution in [3.63, 3.8) is 0 Å². The normalized spacial score (nSPS) is 10.5. The van der Waals surface area contributed by atoms with E-state index in [2.05, 4.69) is 5.10 Å². The first-order valence-electron chi connectivity index (χ1n) is 7.73. The Bertz CT molecular complexity index is 890. The van der Waals surface area contributed by atoms with Crippen LogP contribution in [-0.2, 0) is 7.05 Å². The fourth-order valence-corrected chi connectivity index (χ4v) is 2.79. The molecule has 7 heteroatoms. The molecule has 0 spiro atoms. The highest BCUT2D eigenvalue weighted by Crippen LogP contribution is 2.34. The molecule has 0 saturated carbocycles. The average Bonchev–Trinajstić information content (AvgIpc) is 2.93. The van der Waals surface area contributed by atoms with Crippen LogP contribution in [0.4, 0.5) is 5.69 Å². The Balaban J connectivity index is 2.72. The molecule has 0 amide bonds. The van der Waals surface area contributed by atoms with Gasteiger partial charge in [-0.25, -0.2) is 4.68 Å². The predicted molar refractivity (Wildman–Crippen MR) is 95.0 cm³/mol. The summed E-state index contributed by atoms with van der Waals surface area (Å²) >= 11 is 0. The van der Waals surface area contributed by atoms with Gasteiger partial charge in [-0.05, 0) is 44.9 Å².